The minimum Gasteiger partial charge on any atom is -0.377 e. The average molecular weight is 250 g/mol. The Labute approximate surface area is 109 Å². The number of nitrogens with one attached hydrogen (secondary N) is 1. The van der Waals surface area contributed by atoms with Gasteiger partial charge in [0.25, 0.3) is 0 Å². The zero-order chi connectivity index (χ0) is 12.8. The molecule has 100 valence electrons. The van der Waals surface area contributed by atoms with Gasteiger partial charge in [0.15, 0.2) is 5.82 Å². The van der Waals surface area contributed by atoms with E-state index in [2.05, 4.69) is 20.4 Å². The van der Waals surface area contributed by atoms with E-state index in [0.717, 1.165) is 50.6 Å². The molecule has 0 spiro atoms. The van der Waals surface area contributed by atoms with E-state index >= 15 is 0 Å². The van der Waals surface area contributed by atoms with Gasteiger partial charge in [-0.3, -0.25) is 0 Å². The van der Waals surface area contributed by atoms with Crippen LogP contribution in [0.3, 0.4) is 0 Å². The minimum atomic E-state index is 0.336. The van der Waals surface area contributed by atoms with Crippen LogP contribution in [0, 0.1) is 0 Å². The van der Waals surface area contributed by atoms with Crippen molar-refractivity contribution in [2.45, 2.75) is 32.4 Å². The van der Waals surface area contributed by atoms with Crippen LogP contribution in [0.1, 0.15) is 25.5 Å². The van der Waals surface area contributed by atoms with Gasteiger partial charge in [0.2, 0.25) is 0 Å². The molecular weight excluding hydrogens is 228 g/mol. The van der Waals surface area contributed by atoms with Crippen molar-refractivity contribution in [1.29, 1.82) is 0 Å². The van der Waals surface area contributed by atoms with Crippen LogP contribution >= 0.6 is 0 Å². The molecule has 1 aliphatic heterocycles. The number of anilines is 1. The highest BCUT2D eigenvalue weighted by Crippen LogP contribution is 2.18. The maximum absolute atomic E-state index is 5.70. The molecule has 2 heterocycles. The summed E-state index contributed by atoms with van der Waals surface area (Å²) in [5.74, 6) is 0.958. The van der Waals surface area contributed by atoms with Gasteiger partial charge in [-0.1, -0.05) is 0 Å². The van der Waals surface area contributed by atoms with Gasteiger partial charge in [-0.2, -0.15) is 5.10 Å². The molecule has 1 aliphatic rings. The third-order valence-corrected chi connectivity index (χ3v) is 3.17. The maximum Gasteiger partial charge on any atom is 0.151 e. The Bertz CT molecular complexity index is 353. The van der Waals surface area contributed by atoms with Crippen molar-refractivity contribution in [3.8, 4) is 0 Å². The number of hydrogen-bond donors (Lipinski definition) is 1. The second kappa shape index (κ2) is 6.66. The lowest BCUT2D eigenvalue weighted by atomic mass is 10.1. The molecule has 0 saturated carbocycles. The van der Waals surface area contributed by atoms with Gasteiger partial charge < -0.3 is 15.0 Å². The number of ether oxygens (including phenoxy) is 1. The highest BCUT2D eigenvalue weighted by molar-refractivity contribution is 5.38. The van der Waals surface area contributed by atoms with E-state index < -0.39 is 0 Å². The number of aromatic nitrogens is 2. The van der Waals surface area contributed by atoms with Gasteiger partial charge in [0.05, 0.1) is 11.8 Å². The molecule has 0 aromatic carbocycles. The van der Waals surface area contributed by atoms with Gasteiger partial charge >= 0.3 is 0 Å². The highest BCUT2D eigenvalue weighted by Gasteiger charge is 2.21. The van der Waals surface area contributed by atoms with E-state index in [0.29, 0.717) is 6.10 Å². The number of hydrogen-bond acceptors (Lipinski definition) is 5. The van der Waals surface area contributed by atoms with Crippen LogP contribution in [0.5, 0.6) is 0 Å². The van der Waals surface area contributed by atoms with E-state index in [1.807, 2.05) is 26.1 Å². The van der Waals surface area contributed by atoms with Crippen molar-refractivity contribution in [1.82, 2.24) is 15.5 Å². The topological polar surface area (TPSA) is 50.3 Å². The van der Waals surface area contributed by atoms with Gasteiger partial charge in [0.1, 0.15) is 0 Å². The third-order valence-electron chi connectivity index (χ3n) is 3.17. The number of rotatable bonds is 5. The summed E-state index contributed by atoms with van der Waals surface area (Å²) in [7, 11) is 1.91. The van der Waals surface area contributed by atoms with Crippen molar-refractivity contribution < 1.29 is 4.74 Å². The summed E-state index contributed by atoms with van der Waals surface area (Å²) in [6.07, 6.45) is 2.64. The lowest BCUT2D eigenvalue weighted by Gasteiger charge is -2.32. The van der Waals surface area contributed by atoms with Crippen molar-refractivity contribution >= 4 is 5.82 Å². The Morgan fingerprint density at radius 3 is 3.00 bits per heavy atom. The van der Waals surface area contributed by atoms with Crippen molar-refractivity contribution in [2.24, 2.45) is 0 Å². The monoisotopic (exact) mass is 250 g/mol. The van der Waals surface area contributed by atoms with Gasteiger partial charge in [-0.05, 0) is 38.9 Å². The van der Waals surface area contributed by atoms with Crippen LogP contribution in [-0.2, 0) is 11.3 Å². The Kier molecular flexibility index (Phi) is 4.90. The summed E-state index contributed by atoms with van der Waals surface area (Å²) in [5.41, 5.74) is 0.972. The fraction of sp³-hybridized carbons (Fsp3) is 0.692. The molecule has 0 bridgehead atoms. The molecular formula is C13H22N4O. The summed E-state index contributed by atoms with van der Waals surface area (Å²) in [6, 6.07) is 4.08. The van der Waals surface area contributed by atoms with Crippen LogP contribution in [0.4, 0.5) is 5.82 Å². The van der Waals surface area contributed by atoms with E-state index in [1.54, 1.807) is 0 Å². The molecule has 18 heavy (non-hydrogen) atoms. The van der Waals surface area contributed by atoms with E-state index in [4.69, 9.17) is 4.74 Å². The number of piperidine rings is 1. The lowest BCUT2D eigenvalue weighted by molar-refractivity contribution is 0.0525. The molecule has 0 amide bonds. The second-order valence-corrected chi connectivity index (χ2v) is 4.58. The molecule has 5 nitrogen and oxygen atoms in total. The smallest absolute Gasteiger partial charge is 0.151 e. The summed E-state index contributed by atoms with van der Waals surface area (Å²) in [5, 5.41) is 11.6. The summed E-state index contributed by atoms with van der Waals surface area (Å²) >= 11 is 0. The van der Waals surface area contributed by atoms with Crippen molar-refractivity contribution in [2.75, 3.05) is 31.6 Å². The molecule has 1 aromatic heterocycles. The maximum atomic E-state index is 5.70. The molecule has 1 atom stereocenters. The molecule has 1 aromatic rings. The largest absolute Gasteiger partial charge is 0.377 e. The summed E-state index contributed by atoms with van der Waals surface area (Å²) < 4.78 is 5.70. The predicted octanol–water partition coefficient (Wildman–Crippen LogP) is 1.20. The fourth-order valence-corrected chi connectivity index (χ4v) is 2.31. The van der Waals surface area contributed by atoms with Crippen molar-refractivity contribution in [3.05, 3.63) is 17.8 Å². The molecule has 1 N–H and O–H groups in total. The first-order valence-electron chi connectivity index (χ1n) is 6.67. The van der Waals surface area contributed by atoms with Gasteiger partial charge in [-0.25, -0.2) is 0 Å². The second-order valence-electron chi connectivity index (χ2n) is 4.58. The lowest BCUT2D eigenvalue weighted by Crippen LogP contribution is -2.40. The van der Waals surface area contributed by atoms with E-state index in [-0.39, 0.29) is 0 Å². The Morgan fingerprint density at radius 2 is 2.33 bits per heavy atom. The molecule has 0 aliphatic carbocycles. The zero-order valence-electron chi connectivity index (χ0n) is 11.2. The molecule has 5 heteroatoms. The summed E-state index contributed by atoms with van der Waals surface area (Å²) in [6.45, 7) is 5.56. The Hall–Kier alpha value is -1.20. The first kappa shape index (κ1) is 13.2. The Balaban J connectivity index is 1.97. The normalized spacial score (nSPS) is 20.1. The standard InChI is InChI=1S/C13H22N4O/c1-3-18-12-5-4-8-17(10-12)13-7-6-11(9-14-2)15-16-13/h6-7,12,14H,3-5,8-10H2,1-2H3. The molecule has 1 unspecified atom stereocenters. The van der Waals surface area contributed by atoms with Crippen LogP contribution in [0.2, 0.25) is 0 Å². The fourth-order valence-electron chi connectivity index (χ4n) is 2.31. The van der Waals surface area contributed by atoms with E-state index in [9.17, 15) is 0 Å². The summed E-state index contributed by atoms with van der Waals surface area (Å²) in [4.78, 5) is 2.26. The van der Waals surface area contributed by atoms with E-state index in [1.165, 1.54) is 0 Å². The SMILES string of the molecule is CCOC1CCCN(c2ccc(CNC)nn2)C1. The zero-order valence-corrected chi connectivity index (χ0v) is 11.2. The van der Waals surface area contributed by atoms with Crippen LogP contribution in [0.25, 0.3) is 0 Å². The predicted molar refractivity (Wildman–Crippen MR) is 71.7 cm³/mol. The third kappa shape index (κ3) is 3.40. The first-order chi connectivity index (χ1) is 8.83. The quantitative estimate of drug-likeness (QED) is 0.851. The van der Waals surface area contributed by atoms with Gasteiger partial charge in [0, 0.05) is 26.2 Å². The van der Waals surface area contributed by atoms with Crippen LogP contribution in [-0.4, -0.2) is 43.0 Å². The van der Waals surface area contributed by atoms with Crippen LogP contribution in [0.15, 0.2) is 12.1 Å². The van der Waals surface area contributed by atoms with Crippen LogP contribution < -0.4 is 10.2 Å². The minimum absolute atomic E-state index is 0.336. The molecule has 1 saturated heterocycles. The molecule has 0 radical (unpaired) electrons. The van der Waals surface area contributed by atoms with Crippen molar-refractivity contribution in [3.63, 3.8) is 0 Å². The highest BCUT2D eigenvalue weighted by atomic mass is 16.5. The molecule has 2 rings (SSSR count). The average Bonchev–Trinajstić information content (AvgIpc) is 2.41. The Morgan fingerprint density at radius 1 is 1.44 bits per heavy atom. The first-order valence-corrected chi connectivity index (χ1v) is 6.67. The number of nitrogens with zero attached hydrogens (tertiary/aromatic N) is 3. The molecule has 1 fully saturated rings. The van der Waals surface area contributed by atoms with Gasteiger partial charge in [-0.15, -0.1) is 5.10 Å².